The molecule has 2 N–H and O–H groups in total. The fraction of sp³-hybridized carbons (Fsp3) is 0.538. The van der Waals surface area contributed by atoms with Gasteiger partial charge in [0.15, 0.2) is 0 Å². The number of phenolic OH excluding ortho intramolecular Hbond substituents is 1. The van der Waals surface area contributed by atoms with E-state index in [1.807, 2.05) is 12.1 Å². The maximum atomic E-state index is 9.35. The van der Waals surface area contributed by atoms with E-state index in [4.69, 9.17) is 11.6 Å². The fourth-order valence-corrected chi connectivity index (χ4v) is 2.44. The number of halogens is 1. The Morgan fingerprint density at radius 3 is 3.00 bits per heavy atom. The molecule has 0 aromatic heterocycles. The molecule has 0 saturated carbocycles. The van der Waals surface area contributed by atoms with Crippen molar-refractivity contribution in [3.05, 3.63) is 28.8 Å². The first-order valence-electron chi connectivity index (χ1n) is 5.96. The molecule has 0 aliphatic carbocycles. The molecule has 1 aromatic carbocycles. The molecule has 88 valence electrons. The first kappa shape index (κ1) is 11.7. The summed E-state index contributed by atoms with van der Waals surface area (Å²) in [7, 11) is 0. The number of aromatic hydroxyl groups is 1. The molecule has 1 heterocycles. The summed E-state index contributed by atoms with van der Waals surface area (Å²) in [5.74, 6) is 0.166. The van der Waals surface area contributed by atoms with Crippen LogP contribution in [-0.2, 0) is 6.42 Å². The topological polar surface area (TPSA) is 32.3 Å². The van der Waals surface area contributed by atoms with Crippen molar-refractivity contribution in [1.82, 2.24) is 5.32 Å². The summed E-state index contributed by atoms with van der Waals surface area (Å²) < 4.78 is 0. The Kier molecular flexibility index (Phi) is 4.08. The lowest BCUT2D eigenvalue weighted by atomic mass is 10.0. The van der Waals surface area contributed by atoms with Gasteiger partial charge in [-0.1, -0.05) is 30.5 Å². The Bertz CT molecular complexity index is 346. The molecule has 3 heteroatoms. The molecule has 1 saturated heterocycles. The highest BCUT2D eigenvalue weighted by molar-refractivity contribution is 6.32. The largest absolute Gasteiger partial charge is 0.506 e. The van der Waals surface area contributed by atoms with Crippen LogP contribution in [0.25, 0.3) is 0 Å². The normalized spacial score (nSPS) is 21.7. The van der Waals surface area contributed by atoms with Crippen LogP contribution in [0.1, 0.15) is 31.2 Å². The minimum absolute atomic E-state index is 0.166. The molecule has 1 aliphatic heterocycles. The van der Waals surface area contributed by atoms with Gasteiger partial charge in [0.2, 0.25) is 0 Å². The van der Waals surface area contributed by atoms with Crippen molar-refractivity contribution in [2.24, 2.45) is 0 Å². The Labute approximate surface area is 102 Å². The third-order valence-electron chi connectivity index (χ3n) is 3.16. The van der Waals surface area contributed by atoms with Crippen molar-refractivity contribution < 1.29 is 5.11 Å². The summed E-state index contributed by atoms with van der Waals surface area (Å²) in [6.45, 7) is 1.12. The second-order valence-corrected chi connectivity index (χ2v) is 4.90. The van der Waals surface area contributed by atoms with E-state index in [-0.39, 0.29) is 5.75 Å². The second-order valence-electron chi connectivity index (χ2n) is 4.49. The lowest BCUT2D eigenvalue weighted by Gasteiger charge is -2.15. The summed E-state index contributed by atoms with van der Waals surface area (Å²) >= 11 is 5.89. The highest BCUT2D eigenvalue weighted by atomic mass is 35.5. The Hall–Kier alpha value is -0.730. The summed E-state index contributed by atoms with van der Waals surface area (Å²) in [6.07, 6.45) is 6.16. The zero-order chi connectivity index (χ0) is 11.4. The molecule has 1 aromatic rings. The lowest BCUT2D eigenvalue weighted by molar-refractivity contribution is 0.474. The van der Waals surface area contributed by atoms with Crippen molar-refractivity contribution in [1.29, 1.82) is 0 Å². The number of phenols is 1. The van der Waals surface area contributed by atoms with Gasteiger partial charge >= 0.3 is 0 Å². The molecule has 0 radical (unpaired) electrons. The van der Waals surface area contributed by atoms with E-state index in [0.29, 0.717) is 11.1 Å². The van der Waals surface area contributed by atoms with Crippen LogP contribution < -0.4 is 5.32 Å². The van der Waals surface area contributed by atoms with E-state index in [2.05, 4.69) is 5.32 Å². The van der Waals surface area contributed by atoms with Gasteiger partial charge < -0.3 is 10.4 Å². The summed E-state index contributed by atoms with van der Waals surface area (Å²) in [5.41, 5.74) is 1.20. The number of rotatable bonds is 2. The first-order chi connectivity index (χ1) is 7.75. The molecule has 2 rings (SSSR count). The molecular formula is C13H18ClNO. The fourth-order valence-electron chi connectivity index (χ4n) is 2.24. The number of hydrogen-bond donors (Lipinski definition) is 2. The standard InChI is InChI=1S/C13H18ClNO/c14-12-9-10(5-6-13(12)16)8-11-4-2-1-3-7-15-11/h5-6,9,11,15-16H,1-4,7-8H2. The van der Waals surface area contributed by atoms with Crippen LogP contribution in [0, 0.1) is 0 Å². The van der Waals surface area contributed by atoms with E-state index < -0.39 is 0 Å². The van der Waals surface area contributed by atoms with Gasteiger partial charge in [-0.15, -0.1) is 0 Å². The Morgan fingerprint density at radius 2 is 2.19 bits per heavy atom. The van der Waals surface area contributed by atoms with Gasteiger partial charge in [0.1, 0.15) is 5.75 Å². The smallest absolute Gasteiger partial charge is 0.134 e. The van der Waals surface area contributed by atoms with Crippen LogP contribution >= 0.6 is 11.6 Å². The van der Waals surface area contributed by atoms with Crippen molar-refractivity contribution in [2.75, 3.05) is 6.54 Å². The Morgan fingerprint density at radius 1 is 1.31 bits per heavy atom. The monoisotopic (exact) mass is 239 g/mol. The molecule has 2 nitrogen and oxygen atoms in total. The highest BCUT2D eigenvalue weighted by Crippen LogP contribution is 2.24. The van der Waals surface area contributed by atoms with E-state index in [0.717, 1.165) is 13.0 Å². The average Bonchev–Trinajstić information content (AvgIpc) is 2.52. The van der Waals surface area contributed by atoms with Crippen LogP contribution in [0.3, 0.4) is 0 Å². The maximum Gasteiger partial charge on any atom is 0.134 e. The van der Waals surface area contributed by atoms with Crippen molar-refractivity contribution in [3.63, 3.8) is 0 Å². The zero-order valence-corrected chi connectivity index (χ0v) is 10.1. The summed E-state index contributed by atoms with van der Waals surface area (Å²) in [5, 5.41) is 13.4. The second kappa shape index (κ2) is 5.55. The summed E-state index contributed by atoms with van der Waals surface area (Å²) in [4.78, 5) is 0. The van der Waals surface area contributed by atoms with E-state index in [1.54, 1.807) is 6.07 Å². The third-order valence-corrected chi connectivity index (χ3v) is 3.46. The van der Waals surface area contributed by atoms with Gasteiger partial charge in [0.25, 0.3) is 0 Å². The molecule has 1 atom stereocenters. The zero-order valence-electron chi connectivity index (χ0n) is 9.38. The van der Waals surface area contributed by atoms with Crippen LogP contribution in [-0.4, -0.2) is 17.7 Å². The SMILES string of the molecule is Oc1ccc(CC2CCCCCN2)cc1Cl. The summed E-state index contributed by atoms with van der Waals surface area (Å²) in [6, 6.07) is 6.05. The molecule has 16 heavy (non-hydrogen) atoms. The molecule has 0 spiro atoms. The predicted molar refractivity (Wildman–Crippen MR) is 67.1 cm³/mol. The van der Waals surface area contributed by atoms with Crippen molar-refractivity contribution >= 4 is 11.6 Å². The minimum atomic E-state index is 0.166. The first-order valence-corrected chi connectivity index (χ1v) is 6.34. The number of nitrogens with one attached hydrogen (secondary N) is 1. The molecule has 1 fully saturated rings. The van der Waals surface area contributed by atoms with E-state index in [1.165, 1.54) is 31.2 Å². The Balaban J connectivity index is 1.99. The van der Waals surface area contributed by atoms with Gasteiger partial charge in [-0.2, -0.15) is 0 Å². The van der Waals surface area contributed by atoms with Crippen LogP contribution in [0.15, 0.2) is 18.2 Å². The lowest BCUT2D eigenvalue weighted by Crippen LogP contribution is -2.30. The van der Waals surface area contributed by atoms with Crippen LogP contribution in [0.2, 0.25) is 5.02 Å². The van der Waals surface area contributed by atoms with Crippen molar-refractivity contribution in [3.8, 4) is 5.75 Å². The molecule has 1 aliphatic rings. The number of benzene rings is 1. The minimum Gasteiger partial charge on any atom is -0.506 e. The third kappa shape index (κ3) is 3.13. The average molecular weight is 240 g/mol. The van der Waals surface area contributed by atoms with Gasteiger partial charge in [-0.25, -0.2) is 0 Å². The van der Waals surface area contributed by atoms with Crippen molar-refractivity contribution in [2.45, 2.75) is 38.1 Å². The molecular weight excluding hydrogens is 222 g/mol. The van der Waals surface area contributed by atoms with Crippen LogP contribution in [0.5, 0.6) is 5.75 Å². The van der Waals surface area contributed by atoms with Crippen LogP contribution in [0.4, 0.5) is 0 Å². The molecule has 0 amide bonds. The molecule has 0 bridgehead atoms. The van der Waals surface area contributed by atoms with Gasteiger partial charge in [-0.05, 0) is 43.5 Å². The molecule has 1 unspecified atom stereocenters. The van der Waals surface area contributed by atoms with Gasteiger partial charge in [-0.3, -0.25) is 0 Å². The predicted octanol–water partition coefficient (Wildman–Crippen LogP) is 3.12. The van der Waals surface area contributed by atoms with E-state index in [9.17, 15) is 5.11 Å². The van der Waals surface area contributed by atoms with Gasteiger partial charge in [0, 0.05) is 6.04 Å². The quantitative estimate of drug-likeness (QED) is 0.831. The highest BCUT2D eigenvalue weighted by Gasteiger charge is 2.12. The van der Waals surface area contributed by atoms with Gasteiger partial charge in [0.05, 0.1) is 5.02 Å². The van der Waals surface area contributed by atoms with E-state index >= 15 is 0 Å². The number of hydrogen-bond acceptors (Lipinski definition) is 2. The maximum absolute atomic E-state index is 9.35.